The molecule has 1 saturated carbocycles. The van der Waals surface area contributed by atoms with Gasteiger partial charge in [-0.2, -0.15) is 23.3 Å². The van der Waals surface area contributed by atoms with Crippen molar-refractivity contribution in [2.24, 2.45) is 0 Å². The molecule has 0 bridgehead atoms. The summed E-state index contributed by atoms with van der Waals surface area (Å²) in [5.74, 6) is 3.27. The zero-order valence-electron chi connectivity index (χ0n) is 27.6. The molecule has 0 spiro atoms. The first-order valence-electron chi connectivity index (χ1n) is 16.5. The molecule has 7 rings (SSSR count). The molecule has 0 saturated heterocycles. The van der Waals surface area contributed by atoms with E-state index in [0.717, 1.165) is 11.5 Å². The molecule has 3 aliphatic carbocycles. The van der Waals surface area contributed by atoms with E-state index in [4.69, 9.17) is 26.5 Å². The van der Waals surface area contributed by atoms with Gasteiger partial charge >= 0.3 is 37.9 Å². The molecule has 2 nitrogen and oxygen atoms in total. The van der Waals surface area contributed by atoms with Crippen molar-refractivity contribution in [2.75, 3.05) is 14.2 Å². The first-order chi connectivity index (χ1) is 23.0. The second-order valence-electron chi connectivity index (χ2n) is 12.8. The summed E-state index contributed by atoms with van der Waals surface area (Å²) in [6.07, 6.45) is 23.5. The summed E-state index contributed by atoms with van der Waals surface area (Å²) in [6.45, 7) is 4.69. The van der Waals surface area contributed by atoms with Crippen molar-refractivity contribution in [3.8, 4) is 11.5 Å². The van der Waals surface area contributed by atoms with E-state index in [1.807, 2.05) is 0 Å². The first-order valence-corrected chi connectivity index (χ1v) is 22.9. The summed E-state index contributed by atoms with van der Waals surface area (Å²) >= 11 is -0.826. The molecule has 4 aromatic rings. The van der Waals surface area contributed by atoms with E-state index in [1.54, 1.807) is 25.3 Å². The van der Waals surface area contributed by atoms with Crippen LogP contribution in [0.25, 0.3) is 12.2 Å². The Morgan fingerprint density at radius 3 is 1.36 bits per heavy atom. The average Bonchev–Trinajstić information content (AvgIpc) is 3.40. The third kappa shape index (κ3) is 7.01. The van der Waals surface area contributed by atoms with Crippen molar-refractivity contribution in [1.82, 2.24) is 0 Å². The third-order valence-electron chi connectivity index (χ3n) is 10.3. The number of fused-ring (bicyclic) bond motifs is 2. The van der Waals surface area contributed by atoms with Gasteiger partial charge in [-0.15, -0.1) is 57.7 Å². The maximum atomic E-state index is 5.45. The van der Waals surface area contributed by atoms with E-state index in [2.05, 4.69) is 123 Å². The second kappa shape index (κ2) is 15.6. The van der Waals surface area contributed by atoms with Gasteiger partial charge in [-0.25, -0.2) is 0 Å². The Bertz CT molecular complexity index is 1650. The van der Waals surface area contributed by atoms with Crippen LogP contribution in [0.3, 0.4) is 0 Å². The monoisotopic (exact) mass is 738 g/mol. The van der Waals surface area contributed by atoms with Crippen LogP contribution in [0.5, 0.6) is 11.5 Å². The molecule has 0 aliphatic heterocycles. The van der Waals surface area contributed by atoms with Crippen LogP contribution in [-0.4, -0.2) is 14.2 Å². The maximum absolute atomic E-state index is 5.45. The fraction of sp³-hybridized carbons (Fsp3) is 0.286. The summed E-state index contributed by atoms with van der Waals surface area (Å²) < 4.78 is 10.9. The molecule has 0 radical (unpaired) electrons. The summed E-state index contributed by atoms with van der Waals surface area (Å²) in [4.78, 5) is 0. The van der Waals surface area contributed by atoms with E-state index in [9.17, 15) is 0 Å². The molecular weight excluding hydrogens is 699 g/mol. The number of benzene rings is 2. The number of ether oxygens (including phenoxy) is 2. The predicted molar refractivity (Wildman–Crippen MR) is 195 cm³/mol. The molecule has 0 amide bonds. The normalized spacial score (nSPS) is 21.1. The number of rotatable bonds is 6. The van der Waals surface area contributed by atoms with E-state index in [-0.39, 0.29) is 11.8 Å². The van der Waals surface area contributed by atoms with E-state index >= 15 is 0 Å². The van der Waals surface area contributed by atoms with Crippen molar-refractivity contribution in [2.45, 2.75) is 63.2 Å². The SMILES string of the molecule is COc1ccc(C2C=CC=Cc3c2cc(C)[c-]3C2CCCCC2[c-]2c(C)cc3c2C=CC=CC3c2ccc(OC)cc2)cc1.[Cl][Zr+2][Cl]. The Morgan fingerprint density at radius 1 is 0.617 bits per heavy atom. The number of halogens is 2. The minimum absolute atomic E-state index is 0.233. The third-order valence-corrected chi connectivity index (χ3v) is 10.3. The number of hydrogen-bond acceptors (Lipinski definition) is 2. The van der Waals surface area contributed by atoms with Gasteiger partial charge in [-0.1, -0.05) is 99.9 Å². The molecule has 4 unspecified atom stereocenters. The zero-order chi connectivity index (χ0) is 32.9. The van der Waals surface area contributed by atoms with Crippen LogP contribution in [0.4, 0.5) is 0 Å². The minimum atomic E-state index is -0.826. The standard InChI is InChI=1S/C42H42O2.2ClH.Zr/c1-27-25-39-33(29-17-21-31(43-3)22-18-29)11-5-7-15-37(39)41(27)35-13-9-10-14-36(35)42-28(2)26-40-34(12-6-8-16-38(40)42)30-19-23-32(44-4)24-20-30;;;/h5-8,11-12,15-26,33-36H,9-10,13-14H2,1-4H3;2*1H;/q-2;;;+4/p-2. The van der Waals surface area contributed by atoms with E-state index < -0.39 is 20.8 Å². The topological polar surface area (TPSA) is 18.5 Å². The Hall–Kier alpha value is -2.84. The Kier molecular flexibility index (Phi) is 11.3. The summed E-state index contributed by atoms with van der Waals surface area (Å²) in [5, 5.41) is 0. The number of aryl methyl sites for hydroxylation is 2. The molecule has 5 heteroatoms. The van der Waals surface area contributed by atoms with Gasteiger partial charge in [0, 0.05) is 0 Å². The molecule has 0 heterocycles. The van der Waals surface area contributed by atoms with Gasteiger partial charge in [0.15, 0.2) is 0 Å². The second-order valence-corrected chi connectivity index (χ2v) is 16.5. The Balaban J connectivity index is 0.00000124. The Morgan fingerprint density at radius 2 is 1.00 bits per heavy atom. The first kappa shape index (κ1) is 34.0. The van der Waals surface area contributed by atoms with Crippen LogP contribution in [0.2, 0.25) is 0 Å². The Labute approximate surface area is 299 Å². The summed E-state index contributed by atoms with van der Waals surface area (Å²) in [6, 6.07) is 22.2. The van der Waals surface area contributed by atoms with E-state index in [1.165, 1.54) is 70.2 Å². The molecule has 47 heavy (non-hydrogen) atoms. The van der Waals surface area contributed by atoms with Gasteiger partial charge in [-0.3, -0.25) is 0 Å². The molecule has 4 atom stereocenters. The van der Waals surface area contributed by atoms with Crippen molar-refractivity contribution in [1.29, 1.82) is 0 Å². The molecule has 0 N–H and O–H groups in total. The molecule has 1 fully saturated rings. The van der Waals surface area contributed by atoms with Crippen molar-refractivity contribution in [3.05, 3.63) is 153 Å². The summed E-state index contributed by atoms with van der Waals surface area (Å²) in [5.41, 5.74) is 14.4. The van der Waals surface area contributed by atoms with Gasteiger partial charge in [0.1, 0.15) is 11.5 Å². The number of allylic oxidation sites excluding steroid dienone is 6. The number of hydrogen-bond donors (Lipinski definition) is 0. The molecule has 4 aromatic carbocycles. The molecule has 3 aliphatic rings. The molecule has 0 aromatic heterocycles. The molecule has 240 valence electrons. The molecular formula is C42H42Cl2O2Zr. The van der Waals surface area contributed by atoms with E-state index in [0.29, 0.717) is 11.8 Å². The van der Waals surface area contributed by atoms with Crippen LogP contribution in [0, 0.1) is 13.8 Å². The van der Waals surface area contributed by atoms with Crippen LogP contribution >= 0.6 is 17.0 Å². The van der Waals surface area contributed by atoms with Crippen LogP contribution in [0.1, 0.15) is 105 Å². The van der Waals surface area contributed by atoms with Gasteiger partial charge in [-0.05, 0) is 47.2 Å². The quantitative estimate of drug-likeness (QED) is 0.183. The van der Waals surface area contributed by atoms with Crippen molar-refractivity contribution < 1.29 is 30.3 Å². The number of methoxy groups -OCH3 is 2. The van der Waals surface area contributed by atoms with Crippen LogP contribution in [0.15, 0.2) is 97.1 Å². The van der Waals surface area contributed by atoms with Crippen molar-refractivity contribution in [3.63, 3.8) is 0 Å². The van der Waals surface area contributed by atoms with Gasteiger partial charge in [0.25, 0.3) is 0 Å². The van der Waals surface area contributed by atoms with Gasteiger partial charge in [0.2, 0.25) is 0 Å². The summed E-state index contributed by atoms with van der Waals surface area (Å²) in [7, 11) is 13.3. The van der Waals surface area contributed by atoms with Crippen LogP contribution < -0.4 is 9.47 Å². The van der Waals surface area contributed by atoms with Crippen LogP contribution in [-0.2, 0) is 20.8 Å². The fourth-order valence-corrected chi connectivity index (χ4v) is 8.27. The zero-order valence-corrected chi connectivity index (χ0v) is 31.6. The van der Waals surface area contributed by atoms with Crippen molar-refractivity contribution >= 4 is 29.2 Å². The van der Waals surface area contributed by atoms with Gasteiger partial charge in [0.05, 0.1) is 14.2 Å². The van der Waals surface area contributed by atoms with Gasteiger partial charge < -0.3 is 9.47 Å². The predicted octanol–water partition coefficient (Wildman–Crippen LogP) is 12.0. The fourth-order valence-electron chi connectivity index (χ4n) is 8.27. The average molecular weight is 741 g/mol.